The van der Waals surface area contributed by atoms with Gasteiger partial charge in [0.2, 0.25) is 0 Å². The largest absolute Gasteiger partial charge is 0.135 e. The zero-order chi connectivity index (χ0) is 17.3. The molecule has 0 aliphatic carbocycles. The van der Waals surface area contributed by atoms with Gasteiger partial charge in [0, 0.05) is 24.6 Å². The zero-order valence-corrected chi connectivity index (χ0v) is 16.2. The lowest BCUT2D eigenvalue weighted by atomic mass is 9.94. The maximum Gasteiger partial charge on any atom is 0.0362 e. The molecule has 0 amide bonds. The highest BCUT2D eigenvalue weighted by Gasteiger charge is 2.13. The zero-order valence-electron chi connectivity index (χ0n) is 13.8. The third-order valence-electron chi connectivity index (χ3n) is 5.28. The number of halogens is 1. The summed E-state index contributed by atoms with van der Waals surface area (Å²) in [4.78, 5) is 0. The molecular weight excluding hydrogens is 400 g/mol. The van der Waals surface area contributed by atoms with Crippen LogP contribution in [0, 0.1) is 0 Å². The first-order valence-electron chi connectivity index (χ1n) is 8.64. The lowest BCUT2D eigenvalue weighted by Crippen LogP contribution is -1.82. The van der Waals surface area contributed by atoms with Crippen LogP contribution in [0.2, 0.25) is 0 Å². The van der Waals surface area contributed by atoms with Gasteiger partial charge in [0.05, 0.1) is 0 Å². The molecule has 0 bridgehead atoms. The Balaban J connectivity index is 2.01. The molecule has 0 saturated heterocycles. The lowest BCUT2D eigenvalue weighted by Gasteiger charge is -2.10. The van der Waals surface area contributed by atoms with Crippen molar-refractivity contribution in [1.29, 1.82) is 0 Å². The number of thiophene rings is 1. The molecule has 0 spiro atoms. The molecular formula is C24H13BrS. The molecule has 0 radical (unpaired) electrons. The predicted molar refractivity (Wildman–Crippen MR) is 120 cm³/mol. The standard InChI is InChI=1S/C24H13BrS/c25-17-11-9-14-5-6-15-7-8-16-10-12-21-24(23(16)22(15)19(14)13-17)18-3-1-2-4-20(18)26-21/h1-13H. The van der Waals surface area contributed by atoms with Gasteiger partial charge < -0.3 is 0 Å². The summed E-state index contributed by atoms with van der Waals surface area (Å²) >= 11 is 5.55. The second-order valence-electron chi connectivity index (χ2n) is 6.73. The van der Waals surface area contributed by atoms with Gasteiger partial charge in [0.15, 0.2) is 0 Å². The smallest absolute Gasteiger partial charge is 0.0362 e. The van der Waals surface area contributed by atoms with Crippen molar-refractivity contribution in [2.24, 2.45) is 0 Å². The van der Waals surface area contributed by atoms with E-state index in [0.717, 1.165) is 4.47 Å². The Morgan fingerprint density at radius 1 is 0.538 bits per heavy atom. The number of fused-ring (bicyclic) bond motifs is 9. The molecule has 1 aromatic heterocycles. The van der Waals surface area contributed by atoms with Crippen molar-refractivity contribution in [2.45, 2.75) is 0 Å². The molecule has 1 heterocycles. The third kappa shape index (κ3) is 1.94. The summed E-state index contributed by atoms with van der Waals surface area (Å²) in [5.41, 5.74) is 0. The minimum Gasteiger partial charge on any atom is -0.135 e. The summed E-state index contributed by atoms with van der Waals surface area (Å²) < 4.78 is 3.84. The highest BCUT2D eigenvalue weighted by atomic mass is 79.9. The summed E-state index contributed by atoms with van der Waals surface area (Å²) in [6, 6.07) is 28.9. The van der Waals surface area contributed by atoms with E-state index in [0.29, 0.717) is 0 Å². The van der Waals surface area contributed by atoms with E-state index in [9.17, 15) is 0 Å². The van der Waals surface area contributed by atoms with Crippen molar-refractivity contribution < 1.29 is 0 Å². The molecule has 6 aromatic rings. The van der Waals surface area contributed by atoms with Crippen LogP contribution in [0.4, 0.5) is 0 Å². The van der Waals surface area contributed by atoms with Gasteiger partial charge in [-0.05, 0) is 56.6 Å². The lowest BCUT2D eigenvalue weighted by molar-refractivity contribution is 1.74. The van der Waals surface area contributed by atoms with Crippen LogP contribution in [-0.2, 0) is 0 Å². The first kappa shape index (κ1) is 14.7. The molecule has 5 aromatic carbocycles. The van der Waals surface area contributed by atoms with Crippen LogP contribution < -0.4 is 0 Å². The van der Waals surface area contributed by atoms with E-state index < -0.39 is 0 Å². The second-order valence-corrected chi connectivity index (χ2v) is 8.73. The molecule has 0 aliphatic heterocycles. The SMILES string of the molecule is Brc1ccc2ccc3ccc4ccc5sc6ccccc6c5c4c3c2c1. The molecule has 0 atom stereocenters. The summed E-state index contributed by atoms with van der Waals surface area (Å²) in [5, 5.41) is 10.7. The van der Waals surface area contributed by atoms with Crippen LogP contribution >= 0.6 is 27.3 Å². The van der Waals surface area contributed by atoms with Crippen LogP contribution in [0.1, 0.15) is 0 Å². The second kappa shape index (κ2) is 5.29. The van der Waals surface area contributed by atoms with E-state index in [-0.39, 0.29) is 0 Å². The maximum absolute atomic E-state index is 3.67. The predicted octanol–water partition coefficient (Wildman–Crippen LogP) is 8.28. The van der Waals surface area contributed by atoms with Gasteiger partial charge in [-0.1, -0.05) is 70.5 Å². The van der Waals surface area contributed by atoms with Crippen molar-refractivity contribution in [1.82, 2.24) is 0 Å². The van der Waals surface area contributed by atoms with Gasteiger partial charge in [-0.3, -0.25) is 0 Å². The van der Waals surface area contributed by atoms with Crippen LogP contribution in [0.3, 0.4) is 0 Å². The van der Waals surface area contributed by atoms with Crippen LogP contribution in [0.15, 0.2) is 83.3 Å². The first-order valence-corrected chi connectivity index (χ1v) is 10.3. The fourth-order valence-corrected chi connectivity index (χ4v) is 5.62. The summed E-state index contributed by atoms with van der Waals surface area (Å²) in [7, 11) is 0. The molecule has 0 saturated carbocycles. The Hall–Kier alpha value is -2.42. The normalized spacial score (nSPS) is 12.0. The van der Waals surface area contributed by atoms with E-state index in [1.54, 1.807) is 0 Å². The van der Waals surface area contributed by atoms with E-state index in [1.165, 1.54) is 52.5 Å². The van der Waals surface area contributed by atoms with Crippen LogP contribution in [0.25, 0.3) is 52.5 Å². The van der Waals surface area contributed by atoms with Crippen molar-refractivity contribution >= 4 is 79.8 Å². The fraction of sp³-hybridized carbons (Fsp3) is 0. The molecule has 0 N–H and O–H groups in total. The van der Waals surface area contributed by atoms with Gasteiger partial charge in [0.25, 0.3) is 0 Å². The molecule has 122 valence electrons. The average molecular weight is 413 g/mol. The van der Waals surface area contributed by atoms with Crippen molar-refractivity contribution in [3.63, 3.8) is 0 Å². The molecule has 26 heavy (non-hydrogen) atoms. The summed E-state index contributed by atoms with van der Waals surface area (Å²) in [5.74, 6) is 0. The number of benzene rings is 5. The summed E-state index contributed by atoms with van der Waals surface area (Å²) in [6.07, 6.45) is 0. The van der Waals surface area contributed by atoms with E-state index in [2.05, 4.69) is 94.8 Å². The monoisotopic (exact) mass is 412 g/mol. The highest BCUT2D eigenvalue weighted by molar-refractivity contribution is 9.10. The van der Waals surface area contributed by atoms with Crippen molar-refractivity contribution in [3.05, 3.63) is 83.3 Å². The highest BCUT2D eigenvalue weighted by Crippen LogP contribution is 2.43. The fourth-order valence-electron chi connectivity index (χ4n) is 4.15. The summed E-state index contributed by atoms with van der Waals surface area (Å²) in [6.45, 7) is 0. The number of rotatable bonds is 0. The molecule has 0 fully saturated rings. The minimum atomic E-state index is 1.12. The molecule has 0 aliphatic rings. The molecule has 0 nitrogen and oxygen atoms in total. The van der Waals surface area contributed by atoms with Crippen molar-refractivity contribution in [3.8, 4) is 0 Å². The number of hydrogen-bond acceptors (Lipinski definition) is 1. The van der Waals surface area contributed by atoms with Gasteiger partial charge in [0.1, 0.15) is 0 Å². The van der Waals surface area contributed by atoms with E-state index in [4.69, 9.17) is 0 Å². The Bertz CT molecular complexity index is 1490. The van der Waals surface area contributed by atoms with E-state index >= 15 is 0 Å². The van der Waals surface area contributed by atoms with Gasteiger partial charge >= 0.3 is 0 Å². The maximum atomic E-state index is 3.67. The average Bonchev–Trinajstić information content (AvgIpc) is 3.06. The molecule has 0 unspecified atom stereocenters. The quantitative estimate of drug-likeness (QED) is 0.220. The van der Waals surface area contributed by atoms with Gasteiger partial charge in [-0.25, -0.2) is 0 Å². The molecule has 2 heteroatoms. The van der Waals surface area contributed by atoms with Crippen LogP contribution in [-0.4, -0.2) is 0 Å². The van der Waals surface area contributed by atoms with Crippen molar-refractivity contribution in [2.75, 3.05) is 0 Å². The van der Waals surface area contributed by atoms with Gasteiger partial charge in [-0.2, -0.15) is 0 Å². The minimum absolute atomic E-state index is 1.12. The Labute approximate surface area is 162 Å². The Morgan fingerprint density at radius 3 is 2.12 bits per heavy atom. The molecule has 6 rings (SSSR count). The number of hydrogen-bond donors (Lipinski definition) is 0. The van der Waals surface area contributed by atoms with E-state index in [1.807, 2.05) is 11.3 Å². The Morgan fingerprint density at radius 2 is 1.23 bits per heavy atom. The van der Waals surface area contributed by atoms with Crippen LogP contribution in [0.5, 0.6) is 0 Å². The Kier molecular flexibility index (Phi) is 3.00. The third-order valence-corrected chi connectivity index (χ3v) is 6.91. The van der Waals surface area contributed by atoms with Gasteiger partial charge in [-0.15, -0.1) is 11.3 Å². The topological polar surface area (TPSA) is 0 Å². The first-order chi connectivity index (χ1) is 12.8.